The Morgan fingerprint density at radius 1 is 1.38 bits per heavy atom. The molecule has 1 amide bonds. The number of aryl methyl sites for hydroxylation is 1. The van der Waals surface area contributed by atoms with E-state index in [1.54, 1.807) is 0 Å². The van der Waals surface area contributed by atoms with Crippen molar-refractivity contribution in [1.82, 2.24) is 10.6 Å². The number of benzene rings is 1. The highest BCUT2D eigenvalue weighted by atomic mass is 16.1. The molecule has 2 atom stereocenters. The van der Waals surface area contributed by atoms with Crippen molar-refractivity contribution in [2.45, 2.75) is 45.6 Å². The number of hydrogen-bond donors (Lipinski definition) is 2. The van der Waals surface area contributed by atoms with Gasteiger partial charge in [0.25, 0.3) is 5.91 Å². The van der Waals surface area contributed by atoms with E-state index in [-0.39, 0.29) is 5.91 Å². The molecule has 114 valence electrons. The summed E-state index contributed by atoms with van der Waals surface area (Å²) in [7, 11) is 0. The van der Waals surface area contributed by atoms with E-state index in [2.05, 4.69) is 42.7 Å². The van der Waals surface area contributed by atoms with E-state index in [1.165, 1.54) is 24.0 Å². The molecule has 1 aliphatic heterocycles. The zero-order chi connectivity index (χ0) is 14.8. The quantitative estimate of drug-likeness (QED) is 0.873. The molecule has 1 aliphatic carbocycles. The van der Waals surface area contributed by atoms with Gasteiger partial charge in [-0.1, -0.05) is 26.0 Å². The van der Waals surface area contributed by atoms with Crippen molar-refractivity contribution in [3.63, 3.8) is 0 Å². The van der Waals surface area contributed by atoms with Crippen molar-refractivity contribution in [2.75, 3.05) is 13.1 Å². The summed E-state index contributed by atoms with van der Waals surface area (Å²) in [6.45, 7) is 6.25. The van der Waals surface area contributed by atoms with E-state index in [0.717, 1.165) is 37.4 Å². The van der Waals surface area contributed by atoms with Gasteiger partial charge in [0, 0.05) is 18.2 Å². The van der Waals surface area contributed by atoms with Gasteiger partial charge in [-0.2, -0.15) is 0 Å². The zero-order valence-electron chi connectivity index (χ0n) is 13.1. The largest absolute Gasteiger partial charge is 0.352 e. The Morgan fingerprint density at radius 2 is 2.19 bits per heavy atom. The van der Waals surface area contributed by atoms with E-state index in [4.69, 9.17) is 0 Å². The minimum atomic E-state index is 0.0960. The predicted octanol–water partition coefficient (Wildman–Crippen LogP) is 3.06. The first-order valence-electron chi connectivity index (χ1n) is 8.35. The molecule has 3 rings (SSSR count). The standard InChI is InChI=1S/C18H26N2O/c1-3-19-17(12(2)13-6-7-13)15-9-8-14-5-4-10-20-18(21)16(14)11-15/h8-9,11-13,17,19H,3-7,10H2,1-2H3,(H,20,21). The monoisotopic (exact) mass is 286 g/mol. The van der Waals surface area contributed by atoms with Crippen molar-refractivity contribution in [1.29, 1.82) is 0 Å². The van der Waals surface area contributed by atoms with Gasteiger partial charge in [-0.25, -0.2) is 0 Å². The lowest BCUT2D eigenvalue weighted by Gasteiger charge is -2.26. The molecule has 2 unspecified atom stereocenters. The average Bonchev–Trinajstić information content (AvgIpc) is 3.33. The number of fused-ring (bicyclic) bond motifs is 1. The first kappa shape index (κ1) is 14.6. The highest BCUT2D eigenvalue weighted by Crippen LogP contribution is 2.42. The Labute approximate surface area is 127 Å². The Balaban J connectivity index is 1.91. The zero-order valence-corrected chi connectivity index (χ0v) is 13.1. The maximum atomic E-state index is 12.2. The van der Waals surface area contributed by atoms with E-state index in [0.29, 0.717) is 12.0 Å². The number of hydrogen-bond acceptors (Lipinski definition) is 2. The van der Waals surface area contributed by atoms with Crippen molar-refractivity contribution < 1.29 is 4.79 Å². The molecular formula is C18H26N2O. The highest BCUT2D eigenvalue weighted by Gasteiger charge is 2.34. The smallest absolute Gasteiger partial charge is 0.251 e. The molecule has 0 aromatic heterocycles. The van der Waals surface area contributed by atoms with Gasteiger partial charge in [-0.3, -0.25) is 4.79 Å². The highest BCUT2D eigenvalue weighted by molar-refractivity contribution is 5.96. The molecule has 2 N–H and O–H groups in total. The number of nitrogens with one attached hydrogen (secondary N) is 2. The summed E-state index contributed by atoms with van der Waals surface area (Å²) in [6, 6.07) is 6.88. The van der Waals surface area contributed by atoms with Gasteiger partial charge in [0.2, 0.25) is 0 Å². The summed E-state index contributed by atoms with van der Waals surface area (Å²) in [6.07, 6.45) is 4.74. The Morgan fingerprint density at radius 3 is 2.90 bits per heavy atom. The lowest BCUT2D eigenvalue weighted by molar-refractivity contribution is 0.0956. The number of rotatable bonds is 5. The van der Waals surface area contributed by atoms with Gasteiger partial charge >= 0.3 is 0 Å². The molecule has 21 heavy (non-hydrogen) atoms. The molecule has 0 radical (unpaired) electrons. The summed E-state index contributed by atoms with van der Waals surface area (Å²) >= 11 is 0. The summed E-state index contributed by atoms with van der Waals surface area (Å²) in [5, 5.41) is 6.63. The minimum absolute atomic E-state index is 0.0960. The molecule has 1 heterocycles. The average molecular weight is 286 g/mol. The SMILES string of the molecule is CCNC(c1ccc2c(c1)C(=O)NCCC2)C(C)C1CC1. The van der Waals surface area contributed by atoms with Crippen LogP contribution in [0, 0.1) is 11.8 Å². The van der Waals surface area contributed by atoms with Gasteiger partial charge in [0.15, 0.2) is 0 Å². The Hall–Kier alpha value is -1.35. The maximum absolute atomic E-state index is 12.2. The predicted molar refractivity (Wildman–Crippen MR) is 85.4 cm³/mol. The summed E-state index contributed by atoms with van der Waals surface area (Å²) in [5.74, 6) is 1.58. The topological polar surface area (TPSA) is 41.1 Å². The van der Waals surface area contributed by atoms with Crippen LogP contribution in [0.1, 0.15) is 60.6 Å². The van der Waals surface area contributed by atoms with Crippen LogP contribution in [0.3, 0.4) is 0 Å². The fourth-order valence-electron chi connectivity index (χ4n) is 3.51. The molecule has 2 aliphatic rings. The fraction of sp³-hybridized carbons (Fsp3) is 0.611. The molecule has 1 fully saturated rings. The lowest BCUT2D eigenvalue weighted by Crippen LogP contribution is -2.28. The molecule has 0 bridgehead atoms. The van der Waals surface area contributed by atoms with E-state index >= 15 is 0 Å². The van der Waals surface area contributed by atoms with Crippen LogP contribution in [-0.2, 0) is 6.42 Å². The van der Waals surface area contributed by atoms with Crippen LogP contribution in [-0.4, -0.2) is 19.0 Å². The van der Waals surface area contributed by atoms with Crippen molar-refractivity contribution in [2.24, 2.45) is 11.8 Å². The molecular weight excluding hydrogens is 260 g/mol. The van der Waals surface area contributed by atoms with Crippen molar-refractivity contribution in [3.8, 4) is 0 Å². The molecule has 1 aromatic rings. The van der Waals surface area contributed by atoms with E-state index in [1.807, 2.05) is 0 Å². The first-order valence-corrected chi connectivity index (χ1v) is 8.35. The fourth-order valence-corrected chi connectivity index (χ4v) is 3.51. The normalized spacial score (nSPS) is 21.1. The minimum Gasteiger partial charge on any atom is -0.352 e. The molecule has 3 heteroatoms. The van der Waals surface area contributed by atoms with Crippen molar-refractivity contribution in [3.05, 3.63) is 34.9 Å². The maximum Gasteiger partial charge on any atom is 0.251 e. The van der Waals surface area contributed by atoms with E-state index < -0.39 is 0 Å². The third-order valence-electron chi connectivity index (χ3n) is 4.96. The van der Waals surface area contributed by atoms with Gasteiger partial charge in [-0.05, 0) is 61.3 Å². The van der Waals surface area contributed by atoms with Crippen LogP contribution in [0.2, 0.25) is 0 Å². The van der Waals surface area contributed by atoms with Gasteiger partial charge in [0.05, 0.1) is 0 Å². The Bertz CT molecular complexity index is 522. The Kier molecular flexibility index (Phi) is 4.29. The second-order valence-electron chi connectivity index (χ2n) is 6.51. The second kappa shape index (κ2) is 6.18. The molecule has 3 nitrogen and oxygen atoms in total. The van der Waals surface area contributed by atoms with Gasteiger partial charge in [0.1, 0.15) is 0 Å². The van der Waals surface area contributed by atoms with Crippen LogP contribution >= 0.6 is 0 Å². The first-order chi connectivity index (χ1) is 10.2. The van der Waals surface area contributed by atoms with Crippen LogP contribution in [0.5, 0.6) is 0 Å². The lowest BCUT2D eigenvalue weighted by atomic mass is 9.88. The van der Waals surface area contributed by atoms with Crippen LogP contribution in [0.4, 0.5) is 0 Å². The number of amides is 1. The van der Waals surface area contributed by atoms with Crippen LogP contribution in [0.25, 0.3) is 0 Å². The molecule has 1 aromatic carbocycles. The summed E-state index contributed by atoms with van der Waals surface area (Å²) in [4.78, 5) is 12.2. The van der Waals surface area contributed by atoms with Gasteiger partial charge < -0.3 is 10.6 Å². The number of carbonyl (C=O) groups excluding carboxylic acids is 1. The second-order valence-corrected chi connectivity index (χ2v) is 6.51. The third kappa shape index (κ3) is 3.13. The summed E-state index contributed by atoms with van der Waals surface area (Å²) < 4.78 is 0. The number of carbonyl (C=O) groups is 1. The van der Waals surface area contributed by atoms with Gasteiger partial charge in [-0.15, -0.1) is 0 Å². The third-order valence-corrected chi connectivity index (χ3v) is 4.96. The molecule has 0 spiro atoms. The van der Waals surface area contributed by atoms with Crippen molar-refractivity contribution >= 4 is 5.91 Å². The summed E-state index contributed by atoms with van der Waals surface area (Å²) in [5.41, 5.74) is 3.35. The molecule has 1 saturated carbocycles. The van der Waals surface area contributed by atoms with Crippen LogP contribution in [0.15, 0.2) is 18.2 Å². The molecule has 0 saturated heterocycles. The van der Waals surface area contributed by atoms with Crippen LogP contribution < -0.4 is 10.6 Å². The van der Waals surface area contributed by atoms with E-state index in [9.17, 15) is 4.79 Å².